The van der Waals surface area contributed by atoms with E-state index in [0.29, 0.717) is 0 Å². The van der Waals surface area contributed by atoms with E-state index in [1.807, 2.05) is 0 Å². The molecule has 0 rings (SSSR count). The van der Waals surface area contributed by atoms with Gasteiger partial charge in [0.05, 0.1) is 0 Å². The van der Waals surface area contributed by atoms with Gasteiger partial charge >= 0.3 is 64.5 Å². The summed E-state index contributed by atoms with van der Waals surface area (Å²) in [6.07, 6.45) is 0. The number of hydrogen-bond donors (Lipinski definition) is 1. The van der Waals surface area contributed by atoms with Crippen molar-refractivity contribution in [1.82, 2.24) is 0 Å². The van der Waals surface area contributed by atoms with Crippen LogP contribution in [0.4, 0.5) is 13.2 Å². The third kappa shape index (κ3) is 4.65. The Hall–Kier alpha value is 1.27. The van der Waals surface area contributed by atoms with E-state index in [-0.39, 0.29) is 51.7 Å². The van der Waals surface area contributed by atoms with Gasteiger partial charge in [-0.1, -0.05) is 0 Å². The zero-order valence-corrected chi connectivity index (χ0v) is 9.27. The summed E-state index contributed by atoms with van der Waals surface area (Å²) in [5.74, 6) is 0. The predicted octanol–water partition coefficient (Wildman–Crippen LogP) is 0.238. The Morgan fingerprint density at radius 3 is 1.44 bits per heavy atom. The van der Waals surface area contributed by atoms with E-state index in [9.17, 15) is 13.2 Å². The van der Waals surface area contributed by atoms with Crippen LogP contribution in [0.25, 0.3) is 0 Å². The molecule has 1 N–H and O–H groups in total. The minimum absolute atomic E-state index is 0. The summed E-state index contributed by atoms with van der Waals surface area (Å²) in [6.45, 7) is 0. The smallest absolute Gasteiger partial charge is 1.00 e. The minimum atomic E-state index is -5.84. The molecule has 0 atom stereocenters. The molecule has 0 spiro atoms. The topological polar surface area (TPSA) is 54.4 Å². The fourth-order valence-corrected chi connectivity index (χ4v) is 0. The van der Waals surface area contributed by atoms with Crippen molar-refractivity contribution in [2.75, 3.05) is 0 Å². The maximum atomic E-state index is 10.7. The summed E-state index contributed by atoms with van der Waals surface area (Å²) in [4.78, 5) is 0. The summed E-state index contributed by atoms with van der Waals surface area (Å²) in [5, 5.41) is 0. The maximum absolute atomic E-state index is 10.7. The van der Waals surface area contributed by atoms with Gasteiger partial charge in [0, 0.05) is 0 Å². The molecule has 0 aromatic rings. The molecule has 0 amide bonds. The van der Waals surface area contributed by atoms with Gasteiger partial charge in [0.15, 0.2) is 0 Å². The molecule has 0 radical (unpaired) electrons. The van der Waals surface area contributed by atoms with Gasteiger partial charge in [-0.25, -0.2) is 0 Å². The quantitative estimate of drug-likeness (QED) is 0.395. The van der Waals surface area contributed by atoms with Crippen LogP contribution in [0.5, 0.6) is 0 Å². The summed E-state index contributed by atoms with van der Waals surface area (Å²) in [5.41, 5.74) is -5.53. The molecule has 0 aromatic carbocycles. The first-order valence-electron chi connectivity index (χ1n) is 1.29. The summed E-state index contributed by atoms with van der Waals surface area (Å²) in [7, 11) is -5.84. The van der Waals surface area contributed by atoms with Crippen LogP contribution in [0.15, 0.2) is 0 Å². The largest absolute Gasteiger partial charge is 2.00 e. The van der Waals surface area contributed by atoms with Crippen molar-refractivity contribution >= 4 is 59.0 Å². The number of alkyl halides is 3. The Morgan fingerprint density at radius 2 is 1.44 bits per heavy atom. The molecule has 0 aliphatic heterocycles. The fraction of sp³-hybridized carbons (Fsp3) is 1.00. The number of hydrogen-bond acceptors (Lipinski definition) is 2. The van der Waals surface area contributed by atoms with E-state index in [2.05, 4.69) is 0 Å². The van der Waals surface area contributed by atoms with Crippen LogP contribution in [0, 0.1) is 0 Å². The molecule has 0 saturated carbocycles. The van der Waals surface area contributed by atoms with E-state index < -0.39 is 15.6 Å². The molecule has 8 heteroatoms. The third-order valence-corrected chi connectivity index (χ3v) is 0.877. The van der Waals surface area contributed by atoms with Gasteiger partial charge in [-0.3, -0.25) is 4.55 Å². The molecule has 0 heterocycles. The molecule has 0 bridgehead atoms. The van der Waals surface area contributed by atoms with Crippen LogP contribution >= 0.6 is 0 Å². The number of halogens is 3. The van der Waals surface area contributed by atoms with Crippen LogP contribution < -0.4 is 0 Å². The van der Waals surface area contributed by atoms with Crippen molar-refractivity contribution in [1.29, 1.82) is 0 Å². The van der Waals surface area contributed by atoms with Crippen molar-refractivity contribution in [3.8, 4) is 0 Å². The molecule has 3 nitrogen and oxygen atoms in total. The molecule has 54 valence electrons. The van der Waals surface area contributed by atoms with E-state index in [0.717, 1.165) is 0 Å². The SMILES string of the molecule is O=S(=O)(O)C(F)(F)F.[Ba+2].[H-].[H-]. The van der Waals surface area contributed by atoms with Gasteiger partial charge in [-0.2, -0.15) is 21.6 Å². The molecule has 0 saturated heterocycles. The van der Waals surface area contributed by atoms with Crippen molar-refractivity contribution in [3.63, 3.8) is 0 Å². The average molecular weight is 289 g/mol. The monoisotopic (exact) mass is 290 g/mol. The van der Waals surface area contributed by atoms with Gasteiger partial charge in [-0.05, 0) is 0 Å². The van der Waals surface area contributed by atoms with E-state index in [1.165, 1.54) is 0 Å². The van der Waals surface area contributed by atoms with Crippen LogP contribution in [-0.2, 0) is 10.1 Å². The average Bonchev–Trinajstić information content (AvgIpc) is 1.25. The van der Waals surface area contributed by atoms with Crippen molar-refractivity contribution < 1.29 is 29.0 Å². The minimum Gasteiger partial charge on any atom is -1.00 e. The van der Waals surface area contributed by atoms with Crippen LogP contribution in [0.1, 0.15) is 2.85 Å². The van der Waals surface area contributed by atoms with Crippen molar-refractivity contribution in [3.05, 3.63) is 0 Å². The summed E-state index contributed by atoms with van der Waals surface area (Å²) in [6, 6.07) is 0. The third-order valence-electron chi connectivity index (χ3n) is 0.292. The van der Waals surface area contributed by atoms with E-state index in [1.54, 1.807) is 0 Å². The molecule has 0 aliphatic rings. The van der Waals surface area contributed by atoms with Gasteiger partial charge < -0.3 is 2.85 Å². The summed E-state index contributed by atoms with van der Waals surface area (Å²) >= 11 is 0. The molecule has 0 aliphatic carbocycles. The van der Waals surface area contributed by atoms with Crippen LogP contribution in [0.3, 0.4) is 0 Å². The Balaban J connectivity index is -0.0000000817. The van der Waals surface area contributed by atoms with Crippen LogP contribution in [0.2, 0.25) is 0 Å². The van der Waals surface area contributed by atoms with Gasteiger partial charge in [-0.15, -0.1) is 0 Å². The van der Waals surface area contributed by atoms with E-state index >= 15 is 0 Å². The standard InChI is InChI=1S/CHF3O3S.Ba.2H/c2-1(3,4)8(5,6)7;;;/h(H,5,6,7);;;/q;+2;2*-1. The predicted molar refractivity (Wildman–Crippen MR) is 25.6 cm³/mol. The fourth-order valence-electron chi connectivity index (χ4n) is 0. The first-order valence-corrected chi connectivity index (χ1v) is 2.73. The first kappa shape index (κ1) is 12.9. The molecular formula is CH3BaF3O3S. The Morgan fingerprint density at radius 1 is 1.33 bits per heavy atom. The first-order chi connectivity index (χ1) is 3.25. The van der Waals surface area contributed by atoms with Gasteiger partial charge in [0.1, 0.15) is 0 Å². The normalized spacial score (nSPS) is 12.4. The second kappa shape index (κ2) is 3.60. The molecule has 0 unspecified atom stereocenters. The van der Waals surface area contributed by atoms with Crippen molar-refractivity contribution in [2.45, 2.75) is 5.51 Å². The molecule has 9 heavy (non-hydrogen) atoms. The van der Waals surface area contributed by atoms with Gasteiger partial charge in [0.2, 0.25) is 0 Å². The number of rotatable bonds is 0. The Labute approximate surface area is 92.4 Å². The van der Waals surface area contributed by atoms with E-state index in [4.69, 9.17) is 13.0 Å². The molecule has 0 aromatic heterocycles. The van der Waals surface area contributed by atoms with Gasteiger partial charge in [0.25, 0.3) is 0 Å². The second-order valence-electron chi connectivity index (χ2n) is 0.921. The Kier molecular flexibility index (Phi) is 5.16. The van der Waals surface area contributed by atoms with Crippen molar-refractivity contribution in [2.24, 2.45) is 0 Å². The Bertz CT molecular complexity index is 176. The molecule has 0 fully saturated rings. The molecular weight excluding hydrogens is 286 g/mol. The zero-order valence-electron chi connectivity index (χ0n) is 6.01. The zero-order chi connectivity index (χ0) is 7.00. The maximum Gasteiger partial charge on any atom is 2.00 e. The second-order valence-corrected chi connectivity index (χ2v) is 2.33. The summed E-state index contributed by atoms with van der Waals surface area (Å²) < 4.78 is 57.5. The van der Waals surface area contributed by atoms with Crippen LogP contribution in [-0.4, -0.2) is 67.4 Å².